The van der Waals surface area contributed by atoms with Crippen molar-refractivity contribution in [1.82, 2.24) is 15.1 Å². The molecule has 0 aliphatic carbocycles. The minimum absolute atomic E-state index is 0.498. The van der Waals surface area contributed by atoms with Crippen molar-refractivity contribution in [3.05, 3.63) is 29.8 Å². The second-order valence-corrected chi connectivity index (χ2v) is 6.27. The van der Waals surface area contributed by atoms with Gasteiger partial charge in [-0.2, -0.15) is 0 Å². The molecule has 1 aliphatic heterocycles. The fourth-order valence-electron chi connectivity index (χ4n) is 3.15. The molecule has 0 saturated carbocycles. The van der Waals surface area contributed by atoms with Crippen LogP contribution < -0.4 is 10.2 Å². The largest absolute Gasteiger partial charge is 0.378 e. The molecule has 22 heavy (non-hydrogen) atoms. The highest BCUT2D eigenvalue weighted by molar-refractivity contribution is 5.46. The van der Waals surface area contributed by atoms with E-state index in [9.17, 15) is 0 Å². The lowest BCUT2D eigenvalue weighted by molar-refractivity contribution is 0.129. The minimum atomic E-state index is 0.498. The van der Waals surface area contributed by atoms with Gasteiger partial charge in [-0.05, 0) is 30.8 Å². The quantitative estimate of drug-likeness (QED) is 0.832. The minimum Gasteiger partial charge on any atom is -0.378 e. The Bertz CT molecular complexity index is 419. The lowest BCUT2D eigenvalue weighted by Crippen LogP contribution is -2.48. The van der Waals surface area contributed by atoms with Crippen LogP contribution in [-0.4, -0.2) is 69.7 Å². The molecule has 4 nitrogen and oxygen atoms in total. The monoisotopic (exact) mass is 304 g/mol. The van der Waals surface area contributed by atoms with E-state index in [0.717, 1.165) is 45.8 Å². The summed E-state index contributed by atoms with van der Waals surface area (Å²) in [5, 5.41) is 3.46. The predicted molar refractivity (Wildman–Crippen MR) is 95.7 cm³/mol. The molecule has 1 aromatic rings. The molecule has 124 valence electrons. The van der Waals surface area contributed by atoms with Crippen LogP contribution in [0.15, 0.2) is 24.3 Å². The molecule has 2 rings (SSSR count). The third kappa shape index (κ3) is 4.45. The van der Waals surface area contributed by atoms with Gasteiger partial charge in [0.1, 0.15) is 0 Å². The number of nitrogens with zero attached hydrogens (tertiary/aromatic N) is 3. The van der Waals surface area contributed by atoms with Crippen LogP contribution >= 0.6 is 0 Å². The van der Waals surface area contributed by atoms with Crippen molar-refractivity contribution in [2.75, 3.05) is 64.8 Å². The van der Waals surface area contributed by atoms with Crippen LogP contribution in [0.2, 0.25) is 0 Å². The van der Waals surface area contributed by atoms with Gasteiger partial charge in [-0.1, -0.05) is 26.0 Å². The molecule has 1 fully saturated rings. The standard InChI is InChI=1S/C18H32N4/c1-5-21(6-2)15-18(22-13-11-19-12-14-22)16-7-9-17(10-8-16)20(3)4/h7-10,18-19H,5-6,11-15H2,1-4H3. The van der Waals surface area contributed by atoms with Gasteiger partial charge in [0.25, 0.3) is 0 Å². The van der Waals surface area contributed by atoms with Crippen LogP contribution in [0.5, 0.6) is 0 Å². The van der Waals surface area contributed by atoms with Crippen LogP contribution in [0.4, 0.5) is 5.69 Å². The summed E-state index contributed by atoms with van der Waals surface area (Å²) in [6.45, 7) is 12.4. The fourth-order valence-corrected chi connectivity index (χ4v) is 3.15. The first-order valence-corrected chi connectivity index (χ1v) is 8.60. The van der Waals surface area contributed by atoms with Crippen molar-refractivity contribution < 1.29 is 0 Å². The number of rotatable bonds is 7. The Morgan fingerprint density at radius 2 is 1.64 bits per heavy atom. The fraction of sp³-hybridized carbons (Fsp3) is 0.667. The van der Waals surface area contributed by atoms with E-state index in [1.807, 2.05) is 0 Å². The Morgan fingerprint density at radius 3 is 2.14 bits per heavy atom. The van der Waals surface area contributed by atoms with E-state index in [0.29, 0.717) is 6.04 Å². The number of piperazine rings is 1. The molecule has 1 unspecified atom stereocenters. The Hall–Kier alpha value is -1.10. The van der Waals surface area contributed by atoms with Crippen LogP contribution in [-0.2, 0) is 0 Å². The van der Waals surface area contributed by atoms with E-state index < -0.39 is 0 Å². The zero-order valence-electron chi connectivity index (χ0n) is 14.7. The lowest BCUT2D eigenvalue weighted by Gasteiger charge is -2.38. The second kappa shape index (κ2) is 8.51. The van der Waals surface area contributed by atoms with Crippen LogP contribution in [0.1, 0.15) is 25.5 Å². The Morgan fingerprint density at radius 1 is 1.05 bits per heavy atom. The molecule has 1 heterocycles. The van der Waals surface area contributed by atoms with Crippen molar-refractivity contribution in [1.29, 1.82) is 0 Å². The van der Waals surface area contributed by atoms with Gasteiger partial charge in [0.05, 0.1) is 0 Å². The summed E-state index contributed by atoms with van der Waals surface area (Å²) in [7, 11) is 4.19. The van der Waals surface area contributed by atoms with E-state index >= 15 is 0 Å². The first-order valence-electron chi connectivity index (χ1n) is 8.60. The van der Waals surface area contributed by atoms with Crippen LogP contribution in [0.3, 0.4) is 0 Å². The summed E-state index contributed by atoms with van der Waals surface area (Å²) in [5.41, 5.74) is 2.71. The molecule has 1 N–H and O–H groups in total. The van der Waals surface area contributed by atoms with Gasteiger partial charge < -0.3 is 15.1 Å². The summed E-state index contributed by atoms with van der Waals surface area (Å²) in [6.07, 6.45) is 0. The van der Waals surface area contributed by atoms with Gasteiger partial charge in [-0.15, -0.1) is 0 Å². The Kier molecular flexibility index (Phi) is 6.68. The molecule has 4 heteroatoms. The maximum Gasteiger partial charge on any atom is 0.0476 e. The summed E-state index contributed by atoms with van der Waals surface area (Å²) in [6, 6.07) is 9.61. The maximum absolute atomic E-state index is 3.46. The smallest absolute Gasteiger partial charge is 0.0476 e. The SMILES string of the molecule is CCN(CC)CC(c1ccc(N(C)C)cc1)N1CCNCC1. The number of likely N-dealkylation sites (N-methyl/N-ethyl adjacent to an activating group) is 1. The summed E-state index contributed by atoms with van der Waals surface area (Å²) in [4.78, 5) is 7.33. The first kappa shape index (κ1) is 17.3. The van der Waals surface area contributed by atoms with Crippen LogP contribution in [0.25, 0.3) is 0 Å². The van der Waals surface area contributed by atoms with Gasteiger partial charge in [-0.25, -0.2) is 0 Å². The molecule has 0 bridgehead atoms. The molecule has 1 atom stereocenters. The highest BCUT2D eigenvalue weighted by Crippen LogP contribution is 2.24. The van der Waals surface area contributed by atoms with E-state index in [4.69, 9.17) is 0 Å². The van der Waals surface area contributed by atoms with Crippen molar-refractivity contribution in [3.63, 3.8) is 0 Å². The topological polar surface area (TPSA) is 21.8 Å². The molecule has 1 aliphatic rings. The average molecular weight is 304 g/mol. The van der Waals surface area contributed by atoms with Gasteiger partial charge in [-0.3, -0.25) is 4.90 Å². The third-order valence-electron chi connectivity index (χ3n) is 4.71. The van der Waals surface area contributed by atoms with E-state index in [2.05, 4.69) is 72.2 Å². The van der Waals surface area contributed by atoms with E-state index in [1.54, 1.807) is 0 Å². The molecular weight excluding hydrogens is 272 g/mol. The van der Waals surface area contributed by atoms with Crippen molar-refractivity contribution in [2.24, 2.45) is 0 Å². The molecule has 1 aromatic carbocycles. The van der Waals surface area contributed by atoms with E-state index in [1.165, 1.54) is 11.3 Å². The van der Waals surface area contributed by atoms with Gasteiger partial charge in [0, 0.05) is 58.5 Å². The number of nitrogens with one attached hydrogen (secondary N) is 1. The summed E-state index contributed by atoms with van der Waals surface area (Å²) in [5.74, 6) is 0. The highest BCUT2D eigenvalue weighted by atomic mass is 15.2. The normalized spacial score (nSPS) is 17.7. The lowest BCUT2D eigenvalue weighted by atomic mass is 10.0. The van der Waals surface area contributed by atoms with E-state index in [-0.39, 0.29) is 0 Å². The number of benzene rings is 1. The third-order valence-corrected chi connectivity index (χ3v) is 4.71. The first-order chi connectivity index (χ1) is 10.7. The van der Waals surface area contributed by atoms with Crippen molar-refractivity contribution in [3.8, 4) is 0 Å². The van der Waals surface area contributed by atoms with Crippen molar-refractivity contribution in [2.45, 2.75) is 19.9 Å². The predicted octanol–water partition coefficient (Wildman–Crippen LogP) is 2.04. The summed E-state index contributed by atoms with van der Waals surface area (Å²) >= 11 is 0. The number of anilines is 1. The van der Waals surface area contributed by atoms with Gasteiger partial charge in [0.2, 0.25) is 0 Å². The zero-order chi connectivity index (χ0) is 15.9. The summed E-state index contributed by atoms with van der Waals surface area (Å²) < 4.78 is 0. The van der Waals surface area contributed by atoms with Gasteiger partial charge >= 0.3 is 0 Å². The Labute approximate surface area is 136 Å². The zero-order valence-corrected chi connectivity index (χ0v) is 14.7. The number of hydrogen-bond acceptors (Lipinski definition) is 4. The average Bonchev–Trinajstić information content (AvgIpc) is 2.57. The molecule has 0 radical (unpaired) electrons. The number of hydrogen-bond donors (Lipinski definition) is 1. The molecule has 0 spiro atoms. The Balaban J connectivity index is 2.18. The van der Waals surface area contributed by atoms with Crippen LogP contribution in [0, 0.1) is 0 Å². The maximum atomic E-state index is 3.46. The molecule has 1 saturated heterocycles. The van der Waals surface area contributed by atoms with Crippen molar-refractivity contribution >= 4 is 5.69 Å². The highest BCUT2D eigenvalue weighted by Gasteiger charge is 2.23. The molecule has 0 amide bonds. The van der Waals surface area contributed by atoms with Gasteiger partial charge in [0.15, 0.2) is 0 Å². The second-order valence-electron chi connectivity index (χ2n) is 6.27. The molecular formula is C18H32N4. The molecule has 0 aromatic heterocycles.